The third-order valence-corrected chi connectivity index (χ3v) is 6.91. The molecule has 4 aromatic carbocycles. The van der Waals surface area contributed by atoms with E-state index in [-0.39, 0.29) is 6.04 Å². The highest BCUT2D eigenvalue weighted by atomic mass is 16.5. The number of hydrogen-bond acceptors (Lipinski definition) is 4. The minimum absolute atomic E-state index is 0.273. The third kappa shape index (κ3) is 5.55. The molecule has 1 heterocycles. The van der Waals surface area contributed by atoms with Gasteiger partial charge in [0.1, 0.15) is 19.0 Å². The van der Waals surface area contributed by atoms with E-state index in [0.29, 0.717) is 13.2 Å². The molecule has 0 fully saturated rings. The van der Waals surface area contributed by atoms with E-state index in [1.165, 1.54) is 22.3 Å². The molecule has 1 unspecified atom stereocenters. The van der Waals surface area contributed by atoms with Crippen LogP contribution < -0.4 is 14.2 Å². The molecule has 0 amide bonds. The lowest BCUT2D eigenvalue weighted by Gasteiger charge is -2.36. The molecule has 0 saturated carbocycles. The Morgan fingerprint density at radius 2 is 1.36 bits per heavy atom. The maximum atomic E-state index is 6.37. The van der Waals surface area contributed by atoms with Crippen LogP contribution in [0.3, 0.4) is 0 Å². The zero-order chi connectivity index (χ0) is 24.7. The molecule has 1 aliphatic rings. The van der Waals surface area contributed by atoms with E-state index in [2.05, 4.69) is 66.5 Å². The topological polar surface area (TPSA) is 30.9 Å². The van der Waals surface area contributed by atoms with Crippen LogP contribution in [-0.4, -0.2) is 25.6 Å². The first-order chi connectivity index (χ1) is 17.7. The van der Waals surface area contributed by atoms with Gasteiger partial charge >= 0.3 is 0 Å². The average molecular weight is 480 g/mol. The quantitative estimate of drug-likeness (QED) is 0.270. The third-order valence-electron chi connectivity index (χ3n) is 6.91. The van der Waals surface area contributed by atoms with Crippen LogP contribution in [0, 0.1) is 0 Å². The van der Waals surface area contributed by atoms with Crippen LogP contribution in [0.15, 0.2) is 97.1 Å². The van der Waals surface area contributed by atoms with Gasteiger partial charge in [-0.3, -0.25) is 4.90 Å². The smallest absolute Gasteiger partial charge is 0.165 e. The Morgan fingerprint density at radius 1 is 0.722 bits per heavy atom. The highest BCUT2D eigenvalue weighted by molar-refractivity contribution is 5.53. The normalized spacial score (nSPS) is 15.2. The molecule has 0 aliphatic carbocycles. The lowest BCUT2D eigenvalue weighted by atomic mass is 9.88. The fourth-order valence-electron chi connectivity index (χ4n) is 4.87. The van der Waals surface area contributed by atoms with E-state index in [9.17, 15) is 0 Å². The average Bonchev–Trinajstić information content (AvgIpc) is 2.93. The molecule has 184 valence electrons. The molecule has 0 aromatic heterocycles. The zero-order valence-electron chi connectivity index (χ0n) is 21.0. The summed E-state index contributed by atoms with van der Waals surface area (Å²) in [6.45, 7) is 2.08. The molecule has 4 heteroatoms. The van der Waals surface area contributed by atoms with Gasteiger partial charge in [-0.2, -0.15) is 0 Å². The van der Waals surface area contributed by atoms with Crippen molar-refractivity contribution in [1.29, 1.82) is 0 Å². The highest BCUT2D eigenvalue weighted by Gasteiger charge is 2.29. The summed E-state index contributed by atoms with van der Waals surface area (Å²) in [5.41, 5.74) is 6.18. The van der Waals surface area contributed by atoms with Crippen molar-refractivity contribution in [2.45, 2.75) is 32.1 Å². The van der Waals surface area contributed by atoms with Crippen molar-refractivity contribution in [3.8, 4) is 17.2 Å². The number of rotatable bonds is 9. The van der Waals surface area contributed by atoms with Crippen LogP contribution in [0.25, 0.3) is 0 Å². The van der Waals surface area contributed by atoms with Crippen molar-refractivity contribution >= 4 is 0 Å². The summed E-state index contributed by atoms with van der Waals surface area (Å²) in [6.07, 6.45) is 1.86. The van der Waals surface area contributed by atoms with Crippen molar-refractivity contribution in [3.63, 3.8) is 0 Å². The Bertz CT molecular complexity index is 1260. The molecule has 1 atom stereocenters. The Kier molecular flexibility index (Phi) is 7.53. The second kappa shape index (κ2) is 11.3. The molecule has 0 spiro atoms. The lowest BCUT2D eigenvalue weighted by molar-refractivity contribution is 0.220. The number of hydrogen-bond donors (Lipinski definition) is 0. The summed E-state index contributed by atoms with van der Waals surface area (Å²) < 4.78 is 18.0. The van der Waals surface area contributed by atoms with Gasteiger partial charge in [-0.05, 0) is 60.3 Å². The first-order valence-corrected chi connectivity index (χ1v) is 12.5. The van der Waals surface area contributed by atoms with Crippen molar-refractivity contribution in [1.82, 2.24) is 4.90 Å². The van der Waals surface area contributed by atoms with Gasteiger partial charge in [0.25, 0.3) is 0 Å². The summed E-state index contributed by atoms with van der Waals surface area (Å²) in [5.74, 6) is 2.57. The maximum absolute atomic E-state index is 6.37. The predicted molar refractivity (Wildman–Crippen MR) is 144 cm³/mol. The van der Waals surface area contributed by atoms with Crippen LogP contribution in [0.4, 0.5) is 0 Å². The monoisotopic (exact) mass is 479 g/mol. The summed E-state index contributed by atoms with van der Waals surface area (Å²) in [7, 11) is 3.92. The van der Waals surface area contributed by atoms with Gasteiger partial charge in [0.05, 0.1) is 7.11 Å². The molecule has 5 rings (SSSR count). The van der Waals surface area contributed by atoms with Gasteiger partial charge in [-0.1, -0.05) is 78.9 Å². The number of fused-ring (bicyclic) bond motifs is 1. The van der Waals surface area contributed by atoms with Gasteiger partial charge < -0.3 is 14.2 Å². The standard InChI is InChI=1S/C32H33NO3/c1-33-20-19-29-28(17-18-31(34-2)32(29)36-23-26-11-7-4-8-12-26)30(33)21-24-13-15-27(16-14-24)35-22-25-9-5-3-6-10-25/h3-18,30H,19-23H2,1-2H3. The predicted octanol–water partition coefficient (Wildman–Crippen LogP) is 6.62. The fourth-order valence-corrected chi connectivity index (χ4v) is 4.87. The number of ether oxygens (including phenoxy) is 3. The van der Waals surface area contributed by atoms with E-state index in [4.69, 9.17) is 14.2 Å². The van der Waals surface area contributed by atoms with Crippen molar-refractivity contribution in [3.05, 3.63) is 125 Å². The van der Waals surface area contributed by atoms with E-state index < -0.39 is 0 Å². The van der Waals surface area contributed by atoms with Crippen LogP contribution in [-0.2, 0) is 26.1 Å². The first-order valence-electron chi connectivity index (χ1n) is 12.5. The Balaban J connectivity index is 1.32. The zero-order valence-corrected chi connectivity index (χ0v) is 21.0. The molecule has 0 bridgehead atoms. The minimum Gasteiger partial charge on any atom is -0.493 e. The number of methoxy groups -OCH3 is 1. The van der Waals surface area contributed by atoms with E-state index in [0.717, 1.165) is 42.2 Å². The molecular formula is C32H33NO3. The molecular weight excluding hydrogens is 446 g/mol. The second-order valence-electron chi connectivity index (χ2n) is 9.31. The Morgan fingerprint density at radius 3 is 2.00 bits per heavy atom. The van der Waals surface area contributed by atoms with E-state index >= 15 is 0 Å². The molecule has 4 nitrogen and oxygen atoms in total. The van der Waals surface area contributed by atoms with Crippen LogP contribution in [0.1, 0.15) is 33.9 Å². The molecule has 0 radical (unpaired) electrons. The van der Waals surface area contributed by atoms with Gasteiger partial charge in [-0.15, -0.1) is 0 Å². The number of likely N-dealkylation sites (N-methyl/N-ethyl adjacent to an activating group) is 1. The summed E-state index contributed by atoms with van der Waals surface area (Å²) in [4.78, 5) is 2.44. The van der Waals surface area contributed by atoms with Crippen molar-refractivity contribution in [2.75, 3.05) is 20.7 Å². The van der Waals surface area contributed by atoms with Crippen LogP contribution in [0.2, 0.25) is 0 Å². The minimum atomic E-state index is 0.273. The molecule has 4 aromatic rings. The number of nitrogens with zero attached hydrogens (tertiary/aromatic N) is 1. The molecule has 36 heavy (non-hydrogen) atoms. The lowest BCUT2D eigenvalue weighted by Crippen LogP contribution is -2.33. The largest absolute Gasteiger partial charge is 0.493 e. The van der Waals surface area contributed by atoms with Crippen LogP contribution in [0.5, 0.6) is 17.2 Å². The number of benzene rings is 4. The molecule has 0 N–H and O–H groups in total. The van der Waals surface area contributed by atoms with Gasteiger partial charge in [0.15, 0.2) is 11.5 Å². The SMILES string of the molecule is COc1ccc2c(c1OCc1ccccc1)CCN(C)C2Cc1ccc(OCc2ccccc2)cc1. The summed E-state index contributed by atoms with van der Waals surface area (Å²) in [6, 6.07) is 33.6. The van der Waals surface area contributed by atoms with Crippen molar-refractivity contribution < 1.29 is 14.2 Å². The summed E-state index contributed by atoms with van der Waals surface area (Å²) in [5, 5.41) is 0. The maximum Gasteiger partial charge on any atom is 0.165 e. The fraction of sp³-hybridized carbons (Fsp3) is 0.250. The van der Waals surface area contributed by atoms with Crippen LogP contribution >= 0.6 is 0 Å². The van der Waals surface area contributed by atoms with Gasteiger partial charge in [0.2, 0.25) is 0 Å². The van der Waals surface area contributed by atoms with Gasteiger partial charge in [0, 0.05) is 18.2 Å². The van der Waals surface area contributed by atoms with Gasteiger partial charge in [-0.25, -0.2) is 0 Å². The van der Waals surface area contributed by atoms with E-state index in [1.807, 2.05) is 42.5 Å². The molecule has 1 aliphatic heterocycles. The highest BCUT2D eigenvalue weighted by Crippen LogP contribution is 2.41. The summed E-state index contributed by atoms with van der Waals surface area (Å²) >= 11 is 0. The second-order valence-corrected chi connectivity index (χ2v) is 9.31. The van der Waals surface area contributed by atoms with Crippen molar-refractivity contribution in [2.24, 2.45) is 0 Å². The Hall–Kier alpha value is -3.76. The molecule has 0 saturated heterocycles. The first kappa shape index (κ1) is 24.0. The Labute approximate surface area is 214 Å². The van der Waals surface area contributed by atoms with E-state index in [1.54, 1.807) is 7.11 Å².